The van der Waals surface area contributed by atoms with Crippen LogP contribution in [0.3, 0.4) is 0 Å². The lowest BCUT2D eigenvalue weighted by Gasteiger charge is -2.47. The predicted octanol–water partition coefficient (Wildman–Crippen LogP) is 2.72. The largest absolute Gasteiger partial charge is 0.322 e. The van der Waals surface area contributed by atoms with Gasteiger partial charge in [0.15, 0.2) is 0 Å². The number of benzene rings is 1. The van der Waals surface area contributed by atoms with Gasteiger partial charge in [-0.05, 0) is 39.8 Å². The van der Waals surface area contributed by atoms with Crippen molar-refractivity contribution in [3.8, 4) is 0 Å². The van der Waals surface area contributed by atoms with Crippen LogP contribution in [0, 0.1) is 0 Å². The smallest absolute Gasteiger partial charge is 0.251 e. The monoisotopic (exact) mass is 253 g/mol. The highest BCUT2D eigenvalue weighted by atomic mass is 31.2. The highest BCUT2D eigenvalue weighted by Crippen LogP contribution is 2.59. The molecule has 2 rings (SSSR count). The Labute approximate surface area is 103 Å². The highest BCUT2D eigenvalue weighted by molar-refractivity contribution is 7.68. The summed E-state index contributed by atoms with van der Waals surface area (Å²) in [6.07, 6.45) is 0. The molecule has 1 aliphatic rings. The first-order valence-corrected chi connectivity index (χ1v) is 7.49. The van der Waals surface area contributed by atoms with E-state index in [9.17, 15) is 4.57 Å². The van der Waals surface area contributed by atoms with Crippen LogP contribution < -0.4 is 10.6 Å². The van der Waals surface area contributed by atoms with E-state index in [1.165, 1.54) is 0 Å². The minimum Gasteiger partial charge on any atom is -0.322 e. The van der Waals surface area contributed by atoms with Crippen LogP contribution in [-0.2, 0) is 9.09 Å². The van der Waals surface area contributed by atoms with Crippen LogP contribution >= 0.6 is 7.37 Å². The zero-order valence-electron chi connectivity index (χ0n) is 10.9. The van der Waals surface area contributed by atoms with Crippen LogP contribution in [-0.4, -0.2) is 17.4 Å². The lowest BCUT2D eigenvalue weighted by atomic mass is 10.1. The van der Waals surface area contributed by atoms with Crippen molar-refractivity contribution in [1.82, 2.24) is 5.32 Å². The van der Waals surface area contributed by atoms with Crippen LogP contribution in [0.5, 0.6) is 0 Å². The zero-order valence-corrected chi connectivity index (χ0v) is 11.8. The van der Waals surface area contributed by atoms with Gasteiger partial charge < -0.3 is 4.52 Å². The van der Waals surface area contributed by atoms with Crippen molar-refractivity contribution in [3.05, 3.63) is 30.3 Å². The van der Waals surface area contributed by atoms with Crippen molar-refractivity contribution in [2.45, 2.75) is 38.5 Å². The minimum absolute atomic E-state index is 0.147. The third-order valence-electron chi connectivity index (χ3n) is 3.08. The average Bonchev–Trinajstić information content (AvgIpc) is 2.24. The van der Waals surface area contributed by atoms with Gasteiger partial charge in [-0.25, -0.2) is 0 Å². The molecule has 0 amide bonds. The Kier molecular flexibility index (Phi) is 2.97. The van der Waals surface area contributed by atoms with E-state index in [-0.39, 0.29) is 5.54 Å². The quantitative estimate of drug-likeness (QED) is 0.782. The summed E-state index contributed by atoms with van der Waals surface area (Å²) in [5.41, 5.74) is -0.147. The fraction of sp³-hybridized carbons (Fsp3) is 0.538. The molecule has 0 bridgehead atoms. The van der Waals surface area contributed by atoms with Gasteiger partial charge in [-0.2, -0.15) is 0 Å². The van der Waals surface area contributed by atoms with Crippen molar-refractivity contribution in [2.75, 3.05) is 6.61 Å². The molecule has 0 aliphatic carbocycles. The average molecular weight is 253 g/mol. The molecule has 1 aromatic rings. The number of nitrogens with one attached hydrogen (secondary N) is 1. The molecule has 0 spiro atoms. The third kappa shape index (κ3) is 2.20. The van der Waals surface area contributed by atoms with Gasteiger partial charge in [-0.3, -0.25) is 9.88 Å². The maximum Gasteiger partial charge on any atom is 0.251 e. The van der Waals surface area contributed by atoms with E-state index < -0.39 is 12.6 Å². The summed E-state index contributed by atoms with van der Waals surface area (Å²) < 4.78 is 18.9. The standard InChI is InChI=1S/C13H20NO2P/c1-12(2)10-16-17(15,13(3,4)14-12)11-8-6-5-7-9-11/h5-9,14H,10H2,1-4H3/t17-/m0/s1. The van der Waals surface area contributed by atoms with E-state index in [0.717, 1.165) is 5.30 Å². The van der Waals surface area contributed by atoms with E-state index in [0.29, 0.717) is 6.61 Å². The zero-order chi connectivity index (χ0) is 12.7. The molecule has 1 atom stereocenters. The first-order valence-electron chi connectivity index (χ1n) is 5.87. The van der Waals surface area contributed by atoms with Gasteiger partial charge in [0.2, 0.25) is 0 Å². The maximum atomic E-state index is 13.1. The van der Waals surface area contributed by atoms with E-state index in [4.69, 9.17) is 4.52 Å². The van der Waals surface area contributed by atoms with Crippen molar-refractivity contribution in [3.63, 3.8) is 0 Å². The summed E-state index contributed by atoms with van der Waals surface area (Å²) in [6.45, 7) is 8.47. The Hall–Kier alpha value is -0.630. The lowest BCUT2D eigenvalue weighted by Crippen LogP contribution is -2.59. The minimum atomic E-state index is -2.86. The highest BCUT2D eigenvalue weighted by Gasteiger charge is 2.50. The maximum absolute atomic E-state index is 13.1. The van der Waals surface area contributed by atoms with E-state index in [1.807, 2.05) is 44.2 Å². The second-order valence-corrected chi connectivity index (χ2v) is 8.72. The van der Waals surface area contributed by atoms with Gasteiger partial charge in [-0.15, -0.1) is 0 Å². The predicted molar refractivity (Wildman–Crippen MR) is 70.9 cm³/mol. The van der Waals surface area contributed by atoms with Gasteiger partial charge >= 0.3 is 0 Å². The summed E-state index contributed by atoms with van der Waals surface area (Å²) in [6, 6.07) is 9.47. The molecular formula is C13H20NO2P. The van der Waals surface area contributed by atoms with Crippen LogP contribution in [0.25, 0.3) is 0 Å². The molecule has 0 saturated carbocycles. The van der Waals surface area contributed by atoms with Gasteiger partial charge in [-0.1, -0.05) is 18.2 Å². The molecule has 1 saturated heterocycles. The summed E-state index contributed by atoms with van der Waals surface area (Å²) in [5, 5.41) is 3.67. The van der Waals surface area contributed by atoms with Gasteiger partial charge in [0.25, 0.3) is 7.37 Å². The van der Waals surface area contributed by atoms with Gasteiger partial charge in [0, 0.05) is 10.8 Å². The summed E-state index contributed by atoms with van der Waals surface area (Å²) in [4.78, 5) is 0. The summed E-state index contributed by atoms with van der Waals surface area (Å²) >= 11 is 0. The second kappa shape index (κ2) is 3.94. The lowest BCUT2D eigenvalue weighted by molar-refractivity contribution is 0.147. The van der Waals surface area contributed by atoms with Gasteiger partial charge in [0.1, 0.15) is 0 Å². The molecule has 0 radical (unpaired) electrons. The van der Waals surface area contributed by atoms with Crippen molar-refractivity contribution in [1.29, 1.82) is 0 Å². The fourth-order valence-electron chi connectivity index (χ4n) is 2.37. The molecule has 1 heterocycles. The number of hydrogen-bond donors (Lipinski definition) is 1. The number of rotatable bonds is 1. The molecule has 17 heavy (non-hydrogen) atoms. The SMILES string of the molecule is CC1(C)CO[P@@](=O)(c2ccccc2)C(C)(C)N1. The molecule has 3 nitrogen and oxygen atoms in total. The molecule has 0 aromatic heterocycles. The Morgan fingerprint density at radius 2 is 1.76 bits per heavy atom. The third-order valence-corrected chi connectivity index (χ3v) is 6.14. The second-order valence-electron chi connectivity index (χ2n) is 5.73. The molecule has 94 valence electrons. The molecular weight excluding hydrogens is 233 g/mol. The Bertz CT molecular complexity index is 454. The first kappa shape index (κ1) is 12.8. The van der Waals surface area contributed by atoms with E-state index in [1.54, 1.807) is 0 Å². The van der Waals surface area contributed by atoms with Crippen LogP contribution in [0.15, 0.2) is 30.3 Å². The molecule has 4 heteroatoms. The van der Waals surface area contributed by atoms with Crippen molar-refractivity contribution in [2.24, 2.45) is 0 Å². The van der Waals surface area contributed by atoms with E-state index in [2.05, 4.69) is 19.2 Å². The normalized spacial score (nSPS) is 31.1. The first-order chi connectivity index (χ1) is 7.77. The van der Waals surface area contributed by atoms with Crippen LogP contribution in [0.1, 0.15) is 27.7 Å². The Balaban J connectivity index is 2.43. The van der Waals surface area contributed by atoms with E-state index >= 15 is 0 Å². The molecule has 1 aliphatic heterocycles. The molecule has 0 unspecified atom stereocenters. The topological polar surface area (TPSA) is 38.3 Å². The fourth-order valence-corrected chi connectivity index (χ4v) is 5.01. The molecule has 1 aromatic carbocycles. The van der Waals surface area contributed by atoms with Crippen molar-refractivity contribution < 1.29 is 9.09 Å². The van der Waals surface area contributed by atoms with Crippen molar-refractivity contribution >= 4 is 12.7 Å². The van der Waals surface area contributed by atoms with Crippen LogP contribution in [0.2, 0.25) is 0 Å². The Morgan fingerprint density at radius 3 is 2.29 bits per heavy atom. The van der Waals surface area contributed by atoms with Crippen LogP contribution in [0.4, 0.5) is 0 Å². The molecule has 1 N–H and O–H groups in total. The summed E-state index contributed by atoms with van der Waals surface area (Å²) in [5.74, 6) is 0. The summed E-state index contributed by atoms with van der Waals surface area (Å²) in [7, 11) is -2.86. The Morgan fingerprint density at radius 1 is 1.18 bits per heavy atom. The number of hydrogen-bond acceptors (Lipinski definition) is 3. The molecule has 1 fully saturated rings. The van der Waals surface area contributed by atoms with Gasteiger partial charge in [0.05, 0.1) is 11.9 Å².